The van der Waals surface area contributed by atoms with Crippen LogP contribution in [-0.2, 0) is 10.0 Å². The molecule has 0 amide bonds. The lowest BCUT2D eigenvalue weighted by atomic mass is 10.1. The van der Waals surface area contributed by atoms with Crippen LogP contribution >= 0.6 is 0 Å². The third-order valence-corrected chi connectivity index (χ3v) is 6.69. The van der Waals surface area contributed by atoms with Crippen LogP contribution in [0.5, 0.6) is 0 Å². The van der Waals surface area contributed by atoms with Crippen LogP contribution in [0.25, 0.3) is 0 Å². The van der Waals surface area contributed by atoms with Crippen molar-refractivity contribution in [3.63, 3.8) is 0 Å². The lowest BCUT2D eigenvalue weighted by Crippen LogP contribution is -2.34. The van der Waals surface area contributed by atoms with Crippen LogP contribution < -0.4 is 4.72 Å². The fourth-order valence-electron chi connectivity index (χ4n) is 2.27. The Morgan fingerprint density at radius 1 is 0.917 bits per heavy atom. The van der Waals surface area contributed by atoms with Crippen LogP contribution in [-0.4, -0.2) is 21.9 Å². The minimum Gasteiger partial charge on any atom is -0.300 e. The zero-order valence-electron chi connectivity index (χ0n) is 14.7. The number of nitrogens with one attached hydrogen (secondary N) is 1. The molecule has 0 aliphatic rings. The second-order valence-electron chi connectivity index (χ2n) is 7.05. The molecule has 0 aliphatic heterocycles. The van der Waals surface area contributed by atoms with E-state index in [0.717, 1.165) is 11.1 Å². The van der Waals surface area contributed by atoms with Crippen molar-refractivity contribution in [2.45, 2.75) is 38.4 Å². The van der Waals surface area contributed by atoms with E-state index >= 15 is 0 Å². The SMILES string of the molecule is Cc1ccc(S(=O)(=O)Nc2cc(C)ccc2C(=O)[Si](C)(C)C)cc1. The van der Waals surface area contributed by atoms with E-state index in [4.69, 9.17) is 0 Å². The fourth-order valence-corrected chi connectivity index (χ4v) is 4.36. The third kappa shape index (κ3) is 4.13. The predicted octanol–water partition coefficient (Wildman–Crippen LogP) is 4.16. The Morgan fingerprint density at radius 3 is 2.00 bits per heavy atom. The Balaban J connectivity index is 2.47. The Labute approximate surface area is 145 Å². The molecule has 0 unspecified atom stereocenters. The molecule has 6 heteroatoms. The highest BCUT2D eigenvalue weighted by Gasteiger charge is 2.28. The molecule has 0 heterocycles. The molecule has 0 aromatic heterocycles. The molecule has 0 aliphatic carbocycles. The van der Waals surface area contributed by atoms with E-state index in [0.29, 0.717) is 11.3 Å². The molecule has 24 heavy (non-hydrogen) atoms. The number of carbonyl (C=O) groups excluding carboxylic acids is 1. The molecule has 0 radical (unpaired) electrons. The van der Waals surface area contributed by atoms with Crippen LogP contribution in [0.1, 0.15) is 21.5 Å². The van der Waals surface area contributed by atoms with E-state index < -0.39 is 18.1 Å². The van der Waals surface area contributed by atoms with Crippen molar-refractivity contribution in [3.8, 4) is 0 Å². The molecule has 0 saturated heterocycles. The lowest BCUT2D eigenvalue weighted by Gasteiger charge is -2.18. The Morgan fingerprint density at radius 2 is 1.46 bits per heavy atom. The molecule has 2 rings (SSSR count). The molecule has 0 saturated carbocycles. The number of carbonyl (C=O) groups is 1. The molecule has 2 aromatic carbocycles. The van der Waals surface area contributed by atoms with Gasteiger partial charge in [0.2, 0.25) is 0 Å². The zero-order valence-corrected chi connectivity index (χ0v) is 16.5. The van der Waals surface area contributed by atoms with Crippen LogP contribution in [0, 0.1) is 13.8 Å². The zero-order chi connectivity index (χ0) is 18.1. The summed E-state index contributed by atoms with van der Waals surface area (Å²) in [6, 6.07) is 11.9. The van der Waals surface area contributed by atoms with E-state index in [1.807, 2.05) is 39.6 Å². The normalized spacial score (nSPS) is 12.0. The van der Waals surface area contributed by atoms with Gasteiger partial charge in [0.15, 0.2) is 0 Å². The predicted molar refractivity (Wildman–Crippen MR) is 101 cm³/mol. The van der Waals surface area contributed by atoms with Gasteiger partial charge in [-0.05, 0) is 43.7 Å². The smallest absolute Gasteiger partial charge is 0.261 e. The van der Waals surface area contributed by atoms with Crippen LogP contribution in [0.4, 0.5) is 5.69 Å². The van der Waals surface area contributed by atoms with Gasteiger partial charge in [-0.3, -0.25) is 4.72 Å². The quantitative estimate of drug-likeness (QED) is 0.813. The lowest BCUT2D eigenvalue weighted by molar-refractivity contribution is 0.106. The maximum absolute atomic E-state index is 12.7. The second-order valence-corrected chi connectivity index (χ2v) is 13.7. The van der Waals surface area contributed by atoms with E-state index in [2.05, 4.69) is 4.72 Å². The molecule has 4 nitrogen and oxygen atoms in total. The van der Waals surface area contributed by atoms with Crippen molar-refractivity contribution in [2.24, 2.45) is 0 Å². The highest BCUT2D eigenvalue weighted by Crippen LogP contribution is 2.25. The highest BCUT2D eigenvalue weighted by atomic mass is 32.2. The topological polar surface area (TPSA) is 63.2 Å². The minimum atomic E-state index is -3.74. The van der Waals surface area contributed by atoms with Gasteiger partial charge in [0.25, 0.3) is 10.0 Å². The molecule has 128 valence electrons. The molecular formula is C18H23NO3SSi. The standard InChI is InChI=1S/C18H23NO3SSi/c1-13-6-9-15(10-7-13)23(21,22)19-17-12-14(2)8-11-16(17)18(20)24(3,4)5/h6-12,19H,1-5H3. The minimum absolute atomic E-state index is 0.0316. The number of aryl methyl sites for hydroxylation is 2. The van der Waals surface area contributed by atoms with E-state index in [9.17, 15) is 13.2 Å². The molecule has 0 spiro atoms. The largest absolute Gasteiger partial charge is 0.300 e. The van der Waals surface area contributed by atoms with Crippen molar-refractivity contribution >= 4 is 29.2 Å². The number of benzene rings is 2. The van der Waals surface area contributed by atoms with Gasteiger partial charge in [0, 0.05) is 5.56 Å². The molecular weight excluding hydrogens is 338 g/mol. The Bertz CT molecular complexity index is 866. The van der Waals surface area contributed by atoms with Gasteiger partial charge in [-0.15, -0.1) is 0 Å². The summed E-state index contributed by atoms with van der Waals surface area (Å²) in [7, 11) is -5.82. The first-order valence-corrected chi connectivity index (χ1v) is 12.7. The van der Waals surface area contributed by atoms with Crippen molar-refractivity contribution in [1.82, 2.24) is 0 Å². The van der Waals surface area contributed by atoms with E-state index in [1.54, 1.807) is 36.4 Å². The van der Waals surface area contributed by atoms with Gasteiger partial charge in [-0.1, -0.05) is 43.4 Å². The summed E-state index contributed by atoms with van der Waals surface area (Å²) >= 11 is 0. The monoisotopic (exact) mass is 361 g/mol. The van der Waals surface area contributed by atoms with Crippen molar-refractivity contribution < 1.29 is 13.2 Å². The third-order valence-electron chi connectivity index (χ3n) is 3.68. The summed E-state index contributed by atoms with van der Waals surface area (Å²) in [4.78, 5) is 12.9. The Kier molecular flexibility index (Phi) is 5.01. The van der Waals surface area contributed by atoms with Crippen molar-refractivity contribution in [2.75, 3.05) is 4.72 Å². The first kappa shape index (κ1) is 18.4. The van der Waals surface area contributed by atoms with Gasteiger partial charge in [-0.25, -0.2) is 8.42 Å². The van der Waals surface area contributed by atoms with Gasteiger partial charge in [-0.2, -0.15) is 0 Å². The molecule has 0 fully saturated rings. The number of rotatable bonds is 5. The average Bonchev–Trinajstić information content (AvgIpc) is 2.46. The average molecular weight is 362 g/mol. The highest BCUT2D eigenvalue weighted by molar-refractivity contribution is 7.92. The summed E-state index contributed by atoms with van der Waals surface area (Å²) in [6.45, 7) is 9.62. The Hall–Kier alpha value is -1.92. The number of hydrogen-bond acceptors (Lipinski definition) is 3. The number of hydrogen-bond donors (Lipinski definition) is 1. The fraction of sp³-hybridized carbons (Fsp3) is 0.278. The molecule has 0 atom stereocenters. The summed E-state index contributed by atoms with van der Waals surface area (Å²) in [5, 5.41) is 0.0316. The summed E-state index contributed by atoms with van der Waals surface area (Å²) in [5.74, 6) is 0. The number of anilines is 1. The number of sulfonamides is 1. The first-order chi connectivity index (χ1) is 11.0. The first-order valence-electron chi connectivity index (χ1n) is 7.76. The van der Waals surface area contributed by atoms with Crippen LogP contribution in [0.3, 0.4) is 0 Å². The van der Waals surface area contributed by atoms with E-state index in [1.165, 1.54) is 0 Å². The second kappa shape index (κ2) is 6.53. The van der Waals surface area contributed by atoms with Gasteiger partial charge in [0.1, 0.15) is 13.5 Å². The molecule has 1 N–H and O–H groups in total. The molecule has 2 aromatic rings. The summed E-state index contributed by atoms with van der Waals surface area (Å²) < 4.78 is 27.9. The van der Waals surface area contributed by atoms with E-state index in [-0.39, 0.29) is 10.3 Å². The molecule has 0 bridgehead atoms. The van der Waals surface area contributed by atoms with Gasteiger partial charge >= 0.3 is 0 Å². The van der Waals surface area contributed by atoms with Crippen molar-refractivity contribution in [1.29, 1.82) is 0 Å². The summed E-state index contributed by atoms with van der Waals surface area (Å²) in [6.07, 6.45) is 0. The maximum atomic E-state index is 12.7. The van der Waals surface area contributed by atoms with Crippen molar-refractivity contribution in [3.05, 3.63) is 59.2 Å². The maximum Gasteiger partial charge on any atom is 0.261 e. The van der Waals surface area contributed by atoms with Crippen LogP contribution in [0.2, 0.25) is 19.6 Å². The summed E-state index contributed by atoms with van der Waals surface area (Å²) in [5.41, 5.74) is 2.67. The van der Waals surface area contributed by atoms with Gasteiger partial charge in [0.05, 0.1) is 10.6 Å². The van der Waals surface area contributed by atoms with Gasteiger partial charge < -0.3 is 4.79 Å². The van der Waals surface area contributed by atoms with Crippen LogP contribution in [0.15, 0.2) is 47.4 Å².